The van der Waals surface area contributed by atoms with Crippen LogP contribution in [0.2, 0.25) is 0 Å². The summed E-state index contributed by atoms with van der Waals surface area (Å²) in [5, 5.41) is 10.8. The third-order valence-corrected chi connectivity index (χ3v) is 4.57. The second-order valence-corrected chi connectivity index (χ2v) is 6.49. The molecule has 0 radical (unpaired) electrons. The second-order valence-electron chi connectivity index (χ2n) is 6.49. The fraction of sp³-hybridized carbons (Fsp3) is 0.647. The Bertz CT molecular complexity index is 811. The molecule has 2 aromatic rings. The van der Waals surface area contributed by atoms with Crippen molar-refractivity contribution in [2.75, 3.05) is 13.6 Å². The molecule has 9 heteroatoms. The van der Waals surface area contributed by atoms with Gasteiger partial charge >= 0.3 is 5.69 Å². The van der Waals surface area contributed by atoms with Crippen molar-refractivity contribution in [2.24, 2.45) is 4.99 Å². The van der Waals surface area contributed by atoms with Crippen LogP contribution in [0.4, 0.5) is 0 Å². The number of guanidine groups is 1. The first-order valence-corrected chi connectivity index (χ1v) is 9.12. The lowest BCUT2D eigenvalue weighted by Crippen LogP contribution is -2.38. The molecule has 0 amide bonds. The molecule has 1 aliphatic rings. The summed E-state index contributed by atoms with van der Waals surface area (Å²) >= 11 is 0. The second kappa shape index (κ2) is 8.20. The molecule has 3 rings (SSSR count). The maximum atomic E-state index is 12.3. The van der Waals surface area contributed by atoms with Gasteiger partial charge in [-0.25, -0.2) is 14.5 Å². The van der Waals surface area contributed by atoms with Crippen molar-refractivity contribution in [3.05, 3.63) is 33.7 Å². The summed E-state index contributed by atoms with van der Waals surface area (Å²) in [5.41, 5.74) is 0.912. The van der Waals surface area contributed by atoms with Crippen molar-refractivity contribution in [2.45, 2.75) is 59.2 Å². The molecule has 0 unspecified atom stereocenters. The van der Waals surface area contributed by atoms with Gasteiger partial charge in [-0.05, 0) is 33.1 Å². The molecule has 0 atom stereocenters. The van der Waals surface area contributed by atoms with Crippen LogP contribution in [0, 0.1) is 13.8 Å². The average molecular weight is 361 g/mol. The fourth-order valence-electron chi connectivity index (χ4n) is 3.02. The molecule has 0 aliphatic carbocycles. The minimum atomic E-state index is 0.0110. The highest BCUT2D eigenvalue weighted by Crippen LogP contribution is 2.09. The quantitative estimate of drug-likeness (QED) is 0.447. The molecule has 0 fully saturated rings. The highest BCUT2D eigenvalue weighted by Gasteiger charge is 2.16. The Morgan fingerprint density at radius 1 is 1.31 bits per heavy atom. The first-order valence-electron chi connectivity index (χ1n) is 9.12. The number of rotatable bonds is 6. The van der Waals surface area contributed by atoms with Crippen LogP contribution in [0.1, 0.15) is 42.4 Å². The maximum Gasteiger partial charge on any atom is 0.345 e. The molecule has 2 aromatic heterocycles. The normalized spacial score (nSPS) is 14.3. The number of nitrogens with one attached hydrogen (secondary N) is 2. The van der Waals surface area contributed by atoms with E-state index in [4.69, 9.17) is 4.42 Å². The van der Waals surface area contributed by atoms with Gasteiger partial charge in [-0.1, -0.05) is 0 Å². The lowest BCUT2D eigenvalue weighted by molar-refractivity contribution is 0.463. The predicted molar refractivity (Wildman–Crippen MR) is 98.2 cm³/mol. The highest BCUT2D eigenvalue weighted by atomic mass is 16.4. The molecule has 0 saturated heterocycles. The van der Waals surface area contributed by atoms with Gasteiger partial charge in [0.25, 0.3) is 0 Å². The number of aromatic nitrogens is 4. The van der Waals surface area contributed by atoms with Gasteiger partial charge in [0.2, 0.25) is 5.89 Å². The number of hydrogen-bond acceptors (Lipinski definition) is 5. The Balaban J connectivity index is 1.43. The van der Waals surface area contributed by atoms with Crippen molar-refractivity contribution in [1.29, 1.82) is 0 Å². The van der Waals surface area contributed by atoms with E-state index in [1.807, 2.05) is 13.8 Å². The molecule has 0 aromatic carbocycles. The zero-order valence-electron chi connectivity index (χ0n) is 15.7. The minimum Gasteiger partial charge on any atom is -0.444 e. The maximum absolute atomic E-state index is 12.3. The number of aliphatic imine (C=N–C) groups is 1. The molecule has 3 heterocycles. The van der Waals surface area contributed by atoms with Crippen LogP contribution in [-0.2, 0) is 26.1 Å². The number of aryl methyl sites for hydroxylation is 4. The molecule has 9 nitrogen and oxygen atoms in total. The van der Waals surface area contributed by atoms with E-state index in [9.17, 15) is 4.79 Å². The smallest absolute Gasteiger partial charge is 0.345 e. The van der Waals surface area contributed by atoms with Gasteiger partial charge in [0, 0.05) is 33.1 Å². The Kier molecular flexibility index (Phi) is 5.75. The van der Waals surface area contributed by atoms with Gasteiger partial charge in [0.05, 0.1) is 12.2 Å². The summed E-state index contributed by atoms with van der Waals surface area (Å²) in [6.45, 7) is 6.38. The van der Waals surface area contributed by atoms with Crippen LogP contribution in [0.15, 0.2) is 14.2 Å². The zero-order chi connectivity index (χ0) is 18.5. The molecular formula is C17H27N7O2. The van der Waals surface area contributed by atoms with Gasteiger partial charge in [-0.3, -0.25) is 9.56 Å². The molecule has 0 bridgehead atoms. The lowest BCUT2D eigenvalue weighted by Gasteiger charge is -2.10. The largest absolute Gasteiger partial charge is 0.444 e. The van der Waals surface area contributed by atoms with E-state index in [0.717, 1.165) is 49.5 Å². The summed E-state index contributed by atoms with van der Waals surface area (Å²) in [5.74, 6) is 3.06. The molecule has 0 spiro atoms. The topological polar surface area (TPSA) is 102 Å². The molecule has 26 heavy (non-hydrogen) atoms. The summed E-state index contributed by atoms with van der Waals surface area (Å²) in [6.07, 6.45) is 3.86. The Labute approximate surface area is 152 Å². The van der Waals surface area contributed by atoms with Gasteiger partial charge in [-0.15, -0.1) is 0 Å². The fourth-order valence-corrected chi connectivity index (χ4v) is 3.02. The number of hydrogen-bond donors (Lipinski definition) is 2. The third-order valence-electron chi connectivity index (χ3n) is 4.57. The van der Waals surface area contributed by atoms with Gasteiger partial charge < -0.3 is 15.1 Å². The third kappa shape index (κ3) is 4.14. The van der Waals surface area contributed by atoms with Gasteiger partial charge in [-0.2, -0.15) is 5.10 Å². The van der Waals surface area contributed by atoms with Crippen LogP contribution in [0.3, 0.4) is 0 Å². The highest BCUT2D eigenvalue weighted by molar-refractivity contribution is 5.79. The molecular weight excluding hydrogens is 334 g/mol. The van der Waals surface area contributed by atoms with Crippen LogP contribution in [-0.4, -0.2) is 38.9 Å². The van der Waals surface area contributed by atoms with E-state index in [-0.39, 0.29) is 5.69 Å². The molecule has 142 valence electrons. The van der Waals surface area contributed by atoms with Crippen LogP contribution < -0.4 is 16.3 Å². The monoisotopic (exact) mass is 361 g/mol. The van der Waals surface area contributed by atoms with Crippen molar-refractivity contribution in [3.63, 3.8) is 0 Å². The van der Waals surface area contributed by atoms with Gasteiger partial charge in [0.15, 0.2) is 5.96 Å². The summed E-state index contributed by atoms with van der Waals surface area (Å²) in [6, 6.07) is 0. The Hall–Kier alpha value is -2.58. The van der Waals surface area contributed by atoms with E-state index < -0.39 is 0 Å². The van der Waals surface area contributed by atoms with Crippen molar-refractivity contribution < 1.29 is 4.42 Å². The number of oxazole rings is 1. The number of fused-ring (bicyclic) bond motifs is 1. The SMILES string of the molecule is CN=C(NCCCn1nc2n(c1=O)CCCC2)NCc1nc(C)c(C)o1. The lowest BCUT2D eigenvalue weighted by atomic mass is 10.2. The first-order chi connectivity index (χ1) is 12.6. The van der Waals surface area contributed by atoms with E-state index in [1.165, 1.54) is 0 Å². The van der Waals surface area contributed by atoms with E-state index >= 15 is 0 Å². The minimum absolute atomic E-state index is 0.0110. The molecule has 1 aliphatic heterocycles. The van der Waals surface area contributed by atoms with E-state index in [1.54, 1.807) is 16.3 Å². The van der Waals surface area contributed by atoms with E-state index in [2.05, 4.69) is 25.7 Å². The summed E-state index contributed by atoms with van der Waals surface area (Å²) < 4.78 is 8.92. The molecule has 2 N–H and O–H groups in total. The Morgan fingerprint density at radius 2 is 2.15 bits per heavy atom. The van der Waals surface area contributed by atoms with Crippen LogP contribution in [0.5, 0.6) is 0 Å². The molecule has 0 saturated carbocycles. The van der Waals surface area contributed by atoms with E-state index in [0.29, 0.717) is 31.5 Å². The van der Waals surface area contributed by atoms with Gasteiger partial charge in [0.1, 0.15) is 11.6 Å². The standard InChI is InChI=1S/C17H27N7O2/c1-12-13(2)26-15(21-12)11-20-16(18-3)19-8-6-10-24-17(25)23-9-5-4-7-14(23)22-24/h4-11H2,1-3H3,(H2,18,19,20). The number of nitrogens with zero attached hydrogens (tertiary/aromatic N) is 5. The first kappa shape index (κ1) is 18.2. The van der Waals surface area contributed by atoms with Crippen LogP contribution in [0.25, 0.3) is 0 Å². The summed E-state index contributed by atoms with van der Waals surface area (Å²) in [4.78, 5) is 20.8. The van der Waals surface area contributed by atoms with Crippen molar-refractivity contribution in [3.8, 4) is 0 Å². The van der Waals surface area contributed by atoms with Crippen molar-refractivity contribution >= 4 is 5.96 Å². The van der Waals surface area contributed by atoms with Crippen LogP contribution >= 0.6 is 0 Å². The predicted octanol–water partition coefficient (Wildman–Crippen LogP) is 0.741. The summed E-state index contributed by atoms with van der Waals surface area (Å²) in [7, 11) is 1.72. The average Bonchev–Trinajstić information content (AvgIpc) is 3.14. The Morgan fingerprint density at radius 3 is 2.85 bits per heavy atom. The van der Waals surface area contributed by atoms with Crippen molar-refractivity contribution in [1.82, 2.24) is 30.0 Å². The zero-order valence-corrected chi connectivity index (χ0v) is 15.7.